The van der Waals surface area contributed by atoms with Crippen LogP contribution in [0.25, 0.3) is 21.3 Å². The van der Waals surface area contributed by atoms with Crippen molar-refractivity contribution in [2.45, 2.75) is 38.8 Å². The molecule has 0 radical (unpaired) electrons. The standard InChI is InChI=1S/C24H27N5OS/c1-3-29-14-19(13-25-29)17-9-11-28(12-10-17)23-22-20(18-7-5-4-6-8-18)16-31-24(22)27-21(26-23)15-30-2/h4-8,13-14,16-17H,3,9-12,15H2,1-2H3. The van der Waals surface area contributed by atoms with E-state index in [-0.39, 0.29) is 0 Å². The Morgan fingerprint density at radius 2 is 1.94 bits per heavy atom. The lowest BCUT2D eigenvalue weighted by Crippen LogP contribution is -2.33. The Hall–Kier alpha value is -2.77. The quantitative estimate of drug-likeness (QED) is 0.423. The van der Waals surface area contributed by atoms with Gasteiger partial charge in [-0.25, -0.2) is 9.97 Å². The monoisotopic (exact) mass is 433 g/mol. The molecule has 0 unspecified atom stereocenters. The van der Waals surface area contributed by atoms with Crippen LogP contribution in [-0.2, 0) is 17.9 Å². The maximum atomic E-state index is 5.35. The number of aromatic nitrogens is 4. The first-order chi connectivity index (χ1) is 15.3. The molecule has 5 rings (SSSR count). The fourth-order valence-electron chi connectivity index (χ4n) is 4.41. The van der Waals surface area contributed by atoms with Gasteiger partial charge in [0.1, 0.15) is 17.3 Å². The third kappa shape index (κ3) is 3.95. The van der Waals surface area contributed by atoms with Gasteiger partial charge in [-0.2, -0.15) is 5.10 Å². The van der Waals surface area contributed by atoms with E-state index in [1.165, 1.54) is 16.7 Å². The average molecular weight is 434 g/mol. The van der Waals surface area contributed by atoms with Gasteiger partial charge in [0.25, 0.3) is 0 Å². The van der Waals surface area contributed by atoms with E-state index in [1.54, 1.807) is 18.4 Å². The van der Waals surface area contributed by atoms with Crippen LogP contribution in [0.15, 0.2) is 48.1 Å². The van der Waals surface area contributed by atoms with Crippen molar-refractivity contribution in [3.8, 4) is 11.1 Å². The first-order valence-electron chi connectivity index (χ1n) is 10.9. The van der Waals surface area contributed by atoms with Crippen molar-refractivity contribution in [2.24, 2.45) is 0 Å². The van der Waals surface area contributed by atoms with Crippen LogP contribution in [0, 0.1) is 0 Å². The lowest BCUT2D eigenvalue weighted by atomic mass is 9.91. The number of hydrogen-bond donors (Lipinski definition) is 0. The summed E-state index contributed by atoms with van der Waals surface area (Å²) >= 11 is 1.69. The van der Waals surface area contributed by atoms with Gasteiger partial charge in [0, 0.05) is 43.9 Å². The molecule has 0 N–H and O–H groups in total. The molecule has 0 atom stereocenters. The number of anilines is 1. The lowest BCUT2D eigenvalue weighted by Gasteiger charge is -2.33. The van der Waals surface area contributed by atoms with E-state index in [0.29, 0.717) is 12.5 Å². The Morgan fingerprint density at radius 3 is 2.65 bits per heavy atom. The summed E-state index contributed by atoms with van der Waals surface area (Å²) in [6.45, 7) is 5.42. The molecule has 4 heterocycles. The highest BCUT2D eigenvalue weighted by molar-refractivity contribution is 7.17. The summed E-state index contributed by atoms with van der Waals surface area (Å²) in [5, 5.41) is 7.84. The number of piperidine rings is 1. The van der Waals surface area contributed by atoms with Crippen molar-refractivity contribution in [1.82, 2.24) is 19.7 Å². The normalized spacial score (nSPS) is 15.1. The van der Waals surface area contributed by atoms with Crippen LogP contribution in [0.3, 0.4) is 0 Å². The van der Waals surface area contributed by atoms with Crippen molar-refractivity contribution < 1.29 is 4.74 Å². The highest BCUT2D eigenvalue weighted by Gasteiger charge is 2.26. The minimum absolute atomic E-state index is 0.425. The zero-order valence-corrected chi connectivity index (χ0v) is 18.8. The van der Waals surface area contributed by atoms with Gasteiger partial charge in [-0.1, -0.05) is 30.3 Å². The van der Waals surface area contributed by atoms with Crippen LogP contribution in [0.5, 0.6) is 0 Å². The molecule has 0 aliphatic carbocycles. The Morgan fingerprint density at radius 1 is 1.13 bits per heavy atom. The second-order valence-corrected chi connectivity index (χ2v) is 8.84. The Bertz CT molecular complexity index is 1160. The number of thiophene rings is 1. The predicted octanol–water partition coefficient (Wildman–Crippen LogP) is 5.11. The molecule has 0 spiro atoms. The molecule has 31 heavy (non-hydrogen) atoms. The van der Waals surface area contributed by atoms with Crippen molar-refractivity contribution in [3.05, 3.63) is 59.5 Å². The molecular formula is C24H27N5OS. The molecule has 160 valence electrons. The van der Waals surface area contributed by atoms with E-state index in [9.17, 15) is 0 Å². The summed E-state index contributed by atoms with van der Waals surface area (Å²) in [6.07, 6.45) is 6.44. The van der Waals surface area contributed by atoms with Gasteiger partial charge in [0.2, 0.25) is 0 Å². The summed E-state index contributed by atoms with van der Waals surface area (Å²) < 4.78 is 7.37. The van der Waals surface area contributed by atoms with E-state index in [1.807, 2.05) is 10.9 Å². The molecule has 0 saturated carbocycles. The summed E-state index contributed by atoms with van der Waals surface area (Å²) in [7, 11) is 1.69. The molecule has 6 nitrogen and oxygen atoms in total. The molecule has 1 saturated heterocycles. The number of fused-ring (bicyclic) bond motifs is 1. The van der Waals surface area contributed by atoms with Crippen molar-refractivity contribution >= 4 is 27.4 Å². The largest absolute Gasteiger partial charge is 0.377 e. The average Bonchev–Trinajstić information content (AvgIpc) is 3.47. The van der Waals surface area contributed by atoms with E-state index >= 15 is 0 Å². The summed E-state index contributed by atoms with van der Waals surface area (Å²) in [4.78, 5) is 13.2. The Labute approximate surface area is 186 Å². The molecular weight excluding hydrogens is 406 g/mol. The number of aryl methyl sites for hydroxylation is 1. The first-order valence-corrected chi connectivity index (χ1v) is 11.7. The number of ether oxygens (including phenoxy) is 1. The number of hydrogen-bond acceptors (Lipinski definition) is 6. The smallest absolute Gasteiger partial charge is 0.158 e. The first kappa shape index (κ1) is 20.2. The van der Waals surface area contributed by atoms with Gasteiger partial charge >= 0.3 is 0 Å². The minimum atomic E-state index is 0.425. The highest BCUT2D eigenvalue weighted by atomic mass is 32.1. The van der Waals surface area contributed by atoms with E-state index in [2.05, 4.69) is 58.8 Å². The lowest BCUT2D eigenvalue weighted by molar-refractivity contribution is 0.178. The summed E-state index contributed by atoms with van der Waals surface area (Å²) in [5.41, 5.74) is 3.78. The van der Waals surface area contributed by atoms with Crippen LogP contribution >= 0.6 is 11.3 Å². The van der Waals surface area contributed by atoms with Gasteiger partial charge in [-0.3, -0.25) is 4.68 Å². The van der Waals surface area contributed by atoms with E-state index in [4.69, 9.17) is 14.7 Å². The van der Waals surface area contributed by atoms with E-state index in [0.717, 1.165) is 54.3 Å². The Balaban J connectivity index is 1.48. The SMILES string of the molecule is CCn1cc(C2CCN(c3nc(COC)nc4scc(-c5ccccc5)c34)CC2)cn1. The molecule has 0 amide bonds. The second kappa shape index (κ2) is 8.77. The molecule has 3 aromatic heterocycles. The van der Waals surface area contributed by atoms with Gasteiger partial charge in [-0.05, 0) is 36.8 Å². The summed E-state index contributed by atoms with van der Waals surface area (Å²) in [6, 6.07) is 10.5. The highest BCUT2D eigenvalue weighted by Crippen LogP contribution is 2.40. The number of nitrogens with zero attached hydrogens (tertiary/aromatic N) is 5. The summed E-state index contributed by atoms with van der Waals surface area (Å²) in [5.74, 6) is 2.35. The fraction of sp³-hybridized carbons (Fsp3) is 0.375. The number of benzene rings is 1. The maximum absolute atomic E-state index is 5.35. The van der Waals surface area contributed by atoms with Crippen LogP contribution < -0.4 is 4.90 Å². The molecule has 1 aliphatic rings. The van der Waals surface area contributed by atoms with Crippen molar-refractivity contribution in [2.75, 3.05) is 25.1 Å². The second-order valence-electron chi connectivity index (χ2n) is 7.98. The van der Waals surface area contributed by atoms with Crippen LogP contribution in [0.2, 0.25) is 0 Å². The minimum Gasteiger partial charge on any atom is -0.377 e. The molecule has 4 aromatic rings. The van der Waals surface area contributed by atoms with Crippen LogP contribution in [0.4, 0.5) is 5.82 Å². The van der Waals surface area contributed by atoms with Crippen LogP contribution in [-0.4, -0.2) is 39.9 Å². The molecule has 1 aromatic carbocycles. The molecule has 1 aliphatic heterocycles. The van der Waals surface area contributed by atoms with Gasteiger partial charge in [0.05, 0.1) is 11.6 Å². The topological polar surface area (TPSA) is 56.1 Å². The zero-order valence-electron chi connectivity index (χ0n) is 18.0. The third-order valence-electron chi connectivity index (χ3n) is 6.06. The van der Waals surface area contributed by atoms with Crippen molar-refractivity contribution in [1.29, 1.82) is 0 Å². The third-order valence-corrected chi connectivity index (χ3v) is 6.93. The molecule has 7 heteroatoms. The molecule has 0 bridgehead atoms. The number of methoxy groups -OCH3 is 1. The zero-order chi connectivity index (χ0) is 21.2. The van der Waals surface area contributed by atoms with Gasteiger partial charge < -0.3 is 9.64 Å². The van der Waals surface area contributed by atoms with Gasteiger partial charge in [-0.15, -0.1) is 11.3 Å². The van der Waals surface area contributed by atoms with Crippen LogP contribution in [0.1, 0.15) is 37.1 Å². The maximum Gasteiger partial charge on any atom is 0.158 e. The fourth-order valence-corrected chi connectivity index (χ4v) is 5.37. The number of rotatable bonds is 6. The molecule has 1 fully saturated rings. The Kier molecular flexibility index (Phi) is 5.70. The van der Waals surface area contributed by atoms with Gasteiger partial charge in [0.15, 0.2) is 5.82 Å². The van der Waals surface area contributed by atoms with Crippen molar-refractivity contribution in [3.63, 3.8) is 0 Å². The predicted molar refractivity (Wildman–Crippen MR) is 126 cm³/mol. The van der Waals surface area contributed by atoms with E-state index < -0.39 is 0 Å².